The van der Waals surface area contributed by atoms with Crippen LogP contribution in [0.4, 0.5) is 10.8 Å². The van der Waals surface area contributed by atoms with Crippen LogP contribution in [0, 0.1) is 12.8 Å². The second-order valence-corrected chi connectivity index (χ2v) is 11.1. The SMILES string of the molecule is Cc1cc(CN2CCCCC2)ccc1COc1ccc(N)cc1-c1csc(N2CCC(C(=O)O)CC2)n1. The molecule has 196 valence electrons. The van der Waals surface area contributed by atoms with Crippen molar-refractivity contribution in [3.63, 3.8) is 0 Å². The summed E-state index contributed by atoms with van der Waals surface area (Å²) in [5.41, 5.74) is 12.3. The second kappa shape index (κ2) is 11.5. The van der Waals surface area contributed by atoms with Gasteiger partial charge < -0.3 is 20.5 Å². The van der Waals surface area contributed by atoms with Gasteiger partial charge in [-0.15, -0.1) is 11.3 Å². The predicted octanol–water partition coefficient (Wildman–Crippen LogP) is 5.57. The minimum Gasteiger partial charge on any atom is -0.488 e. The Morgan fingerprint density at radius 3 is 2.62 bits per heavy atom. The molecule has 37 heavy (non-hydrogen) atoms. The summed E-state index contributed by atoms with van der Waals surface area (Å²) in [5.74, 6) is -0.202. The number of carboxylic acids is 1. The van der Waals surface area contributed by atoms with Crippen LogP contribution in [0.15, 0.2) is 41.8 Å². The molecule has 0 aliphatic carbocycles. The molecule has 3 heterocycles. The highest BCUT2D eigenvalue weighted by molar-refractivity contribution is 7.14. The lowest BCUT2D eigenvalue weighted by molar-refractivity contribution is -0.142. The van der Waals surface area contributed by atoms with Crippen LogP contribution in [0.5, 0.6) is 5.75 Å². The van der Waals surface area contributed by atoms with Gasteiger partial charge in [0, 0.05) is 36.3 Å². The molecule has 8 heteroatoms. The van der Waals surface area contributed by atoms with Crippen molar-refractivity contribution in [3.05, 3.63) is 58.5 Å². The van der Waals surface area contributed by atoms with E-state index in [4.69, 9.17) is 15.5 Å². The molecule has 0 atom stereocenters. The molecule has 7 nitrogen and oxygen atoms in total. The van der Waals surface area contributed by atoms with E-state index in [1.807, 2.05) is 23.6 Å². The van der Waals surface area contributed by atoms with E-state index in [0.717, 1.165) is 28.7 Å². The summed E-state index contributed by atoms with van der Waals surface area (Å²) in [6.45, 7) is 7.46. The number of thiazole rings is 1. The molecular formula is C29H36N4O3S. The minimum absolute atomic E-state index is 0.258. The maximum absolute atomic E-state index is 11.3. The van der Waals surface area contributed by atoms with Crippen molar-refractivity contribution < 1.29 is 14.6 Å². The molecule has 2 aliphatic heterocycles. The molecule has 2 saturated heterocycles. The molecule has 0 spiro atoms. The molecule has 2 aromatic carbocycles. The number of aliphatic carboxylic acids is 1. The van der Waals surface area contributed by atoms with E-state index in [1.54, 1.807) is 11.3 Å². The van der Waals surface area contributed by atoms with Gasteiger partial charge in [0.2, 0.25) is 0 Å². The number of piperidine rings is 2. The Morgan fingerprint density at radius 2 is 1.89 bits per heavy atom. The quantitative estimate of drug-likeness (QED) is 0.375. The molecule has 0 bridgehead atoms. The summed E-state index contributed by atoms with van der Waals surface area (Å²) < 4.78 is 6.32. The average Bonchev–Trinajstić information content (AvgIpc) is 3.40. The molecule has 0 unspecified atom stereocenters. The van der Waals surface area contributed by atoms with Crippen molar-refractivity contribution >= 4 is 28.1 Å². The molecule has 2 fully saturated rings. The number of nitrogens with zero attached hydrogens (tertiary/aromatic N) is 3. The first-order chi connectivity index (χ1) is 18.0. The number of rotatable bonds is 8. The van der Waals surface area contributed by atoms with E-state index in [1.165, 1.54) is 49.0 Å². The fourth-order valence-electron chi connectivity index (χ4n) is 5.27. The van der Waals surface area contributed by atoms with Gasteiger partial charge >= 0.3 is 5.97 Å². The molecule has 0 radical (unpaired) electrons. The Hall–Kier alpha value is -3.10. The highest BCUT2D eigenvalue weighted by Crippen LogP contribution is 2.36. The first-order valence-electron chi connectivity index (χ1n) is 13.2. The van der Waals surface area contributed by atoms with Crippen LogP contribution >= 0.6 is 11.3 Å². The Bertz CT molecular complexity index is 1230. The molecule has 3 aromatic rings. The van der Waals surface area contributed by atoms with Crippen molar-refractivity contribution in [2.45, 2.75) is 52.2 Å². The zero-order valence-electron chi connectivity index (χ0n) is 21.5. The third-order valence-corrected chi connectivity index (χ3v) is 8.43. The van der Waals surface area contributed by atoms with Crippen LogP contribution in [0.3, 0.4) is 0 Å². The largest absolute Gasteiger partial charge is 0.488 e. The second-order valence-electron chi connectivity index (χ2n) is 10.3. The number of aryl methyl sites for hydroxylation is 1. The first-order valence-corrected chi connectivity index (χ1v) is 14.1. The number of hydrogen-bond acceptors (Lipinski definition) is 7. The lowest BCUT2D eigenvalue weighted by atomic mass is 9.97. The van der Waals surface area contributed by atoms with Gasteiger partial charge in [0.05, 0.1) is 11.6 Å². The van der Waals surface area contributed by atoms with E-state index in [-0.39, 0.29) is 5.92 Å². The van der Waals surface area contributed by atoms with Crippen LogP contribution in [0.1, 0.15) is 48.8 Å². The molecule has 3 N–H and O–H groups in total. The Kier molecular flexibility index (Phi) is 7.96. The Balaban J connectivity index is 1.26. The lowest BCUT2D eigenvalue weighted by Crippen LogP contribution is -2.36. The van der Waals surface area contributed by atoms with E-state index >= 15 is 0 Å². The number of ether oxygens (including phenoxy) is 1. The highest BCUT2D eigenvalue weighted by atomic mass is 32.1. The summed E-state index contributed by atoms with van der Waals surface area (Å²) in [7, 11) is 0. The number of nitrogen functional groups attached to an aromatic ring is 1. The standard InChI is InChI=1S/C29H36N4O3S/c1-20-15-21(17-32-11-3-2-4-12-32)5-6-23(20)18-36-27-8-7-24(30)16-25(27)26-19-37-29(31-26)33-13-9-22(10-14-33)28(34)35/h5-8,15-16,19,22H,2-4,9-14,17-18,30H2,1H3,(H,34,35). The van der Waals surface area contributed by atoms with Crippen LogP contribution in [-0.4, -0.2) is 47.1 Å². The zero-order valence-corrected chi connectivity index (χ0v) is 22.3. The molecular weight excluding hydrogens is 484 g/mol. The molecule has 1 aromatic heterocycles. The minimum atomic E-state index is -0.701. The van der Waals surface area contributed by atoms with Gasteiger partial charge in [-0.3, -0.25) is 9.69 Å². The smallest absolute Gasteiger partial charge is 0.306 e. The topological polar surface area (TPSA) is 91.9 Å². The maximum Gasteiger partial charge on any atom is 0.306 e. The summed E-state index contributed by atoms with van der Waals surface area (Å²) in [6.07, 6.45) is 5.25. The Labute approximate surface area is 222 Å². The maximum atomic E-state index is 11.3. The van der Waals surface area contributed by atoms with E-state index in [0.29, 0.717) is 38.2 Å². The van der Waals surface area contributed by atoms with Crippen LogP contribution < -0.4 is 15.4 Å². The zero-order chi connectivity index (χ0) is 25.8. The van der Waals surface area contributed by atoms with Crippen molar-refractivity contribution in [2.75, 3.05) is 36.8 Å². The third kappa shape index (κ3) is 6.25. The Morgan fingerprint density at radius 1 is 1.11 bits per heavy atom. The van der Waals surface area contributed by atoms with Crippen LogP contribution in [0.25, 0.3) is 11.3 Å². The molecule has 0 saturated carbocycles. The molecule has 0 amide bonds. The van der Waals surface area contributed by atoms with Crippen molar-refractivity contribution in [3.8, 4) is 17.0 Å². The number of carbonyl (C=O) groups is 1. The average molecular weight is 521 g/mol. The number of carboxylic acid groups (broad SMARTS) is 1. The number of hydrogen-bond donors (Lipinski definition) is 2. The third-order valence-electron chi connectivity index (χ3n) is 7.53. The van der Waals surface area contributed by atoms with Gasteiger partial charge in [0.15, 0.2) is 5.13 Å². The van der Waals surface area contributed by atoms with E-state index < -0.39 is 5.97 Å². The molecule has 2 aliphatic rings. The summed E-state index contributed by atoms with van der Waals surface area (Å²) in [6, 6.07) is 12.4. The highest BCUT2D eigenvalue weighted by Gasteiger charge is 2.26. The lowest BCUT2D eigenvalue weighted by Gasteiger charge is -2.29. The van der Waals surface area contributed by atoms with Gasteiger partial charge in [-0.25, -0.2) is 4.98 Å². The number of benzene rings is 2. The van der Waals surface area contributed by atoms with Crippen molar-refractivity contribution in [2.24, 2.45) is 5.92 Å². The van der Waals surface area contributed by atoms with Gasteiger partial charge in [-0.1, -0.05) is 24.6 Å². The number of nitrogens with two attached hydrogens (primary N) is 1. The summed E-state index contributed by atoms with van der Waals surface area (Å²) in [5, 5.41) is 12.2. The number of aromatic nitrogens is 1. The summed E-state index contributed by atoms with van der Waals surface area (Å²) >= 11 is 1.57. The monoisotopic (exact) mass is 520 g/mol. The normalized spacial score (nSPS) is 17.2. The van der Waals surface area contributed by atoms with Crippen molar-refractivity contribution in [1.29, 1.82) is 0 Å². The summed E-state index contributed by atoms with van der Waals surface area (Å²) in [4.78, 5) is 20.9. The van der Waals surface area contributed by atoms with E-state index in [2.05, 4.69) is 34.9 Å². The fourth-order valence-corrected chi connectivity index (χ4v) is 6.15. The van der Waals surface area contributed by atoms with Crippen LogP contribution in [0.2, 0.25) is 0 Å². The van der Waals surface area contributed by atoms with E-state index in [9.17, 15) is 9.90 Å². The molecule has 5 rings (SSSR count). The van der Waals surface area contributed by atoms with Gasteiger partial charge in [0.25, 0.3) is 0 Å². The predicted molar refractivity (Wildman–Crippen MR) is 149 cm³/mol. The fraction of sp³-hybridized carbons (Fsp3) is 0.448. The number of likely N-dealkylation sites (tertiary alicyclic amines) is 1. The first kappa shape index (κ1) is 25.5. The number of anilines is 2. The van der Waals surface area contributed by atoms with Crippen molar-refractivity contribution in [1.82, 2.24) is 9.88 Å². The van der Waals surface area contributed by atoms with Crippen LogP contribution in [-0.2, 0) is 17.9 Å². The van der Waals surface area contributed by atoms with Gasteiger partial charge in [0.1, 0.15) is 12.4 Å². The van der Waals surface area contributed by atoms with Gasteiger partial charge in [-0.05, 0) is 80.6 Å². The van der Waals surface area contributed by atoms with Gasteiger partial charge in [-0.2, -0.15) is 0 Å².